The molecule has 0 spiro atoms. The average Bonchev–Trinajstić information content (AvgIpc) is 2.95. The second-order valence-corrected chi connectivity index (χ2v) is 6.69. The number of hydrogen-bond acceptors (Lipinski definition) is 2. The van der Waals surface area contributed by atoms with E-state index < -0.39 is 0 Å². The Labute approximate surface area is 134 Å². The maximum Gasteiger partial charge on any atom is 0.220 e. The van der Waals surface area contributed by atoms with Crippen LogP contribution in [0.4, 0.5) is 0 Å². The highest BCUT2D eigenvalue weighted by atomic mass is 16.1. The van der Waals surface area contributed by atoms with Gasteiger partial charge in [-0.25, -0.2) is 0 Å². The van der Waals surface area contributed by atoms with E-state index in [1.165, 1.54) is 5.56 Å². The molecule has 2 rings (SSSR count). The van der Waals surface area contributed by atoms with Gasteiger partial charge in [0.15, 0.2) is 0 Å². The number of benzene rings is 1. The summed E-state index contributed by atoms with van der Waals surface area (Å²) in [7, 11) is 0. The highest BCUT2D eigenvalue weighted by Gasteiger charge is 2.30. The molecule has 1 aromatic rings. The lowest BCUT2D eigenvalue weighted by atomic mass is 9.75. The van der Waals surface area contributed by atoms with Gasteiger partial charge in [0.1, 0.15) is 0 Å². The third kappa shape index (κ3) is 3.89. The van der Waals surface area contributed by atoms with Crippen molar-refractivity contribution < 1.29 is 4.79 Å². The quantitative estimate of drug-likeness (QED) is 0.811. The second-order valence-electron chi connectivity index (χ2n) is 6.69. The normalized spacial score (nSPS) is 21.8. The van der Waals surface area contributed by atoms with Crippen molar-refractivity contribution >= 4 is 5.91 Å². The molecule has 0 heterocycles. The number of nitrogens with one attached hydrogen (secondary N) is 1. The molecule has 22 heavy (non-hydrogen) atoms. The first kappa shape index (κ1) is 17.0. The third-order valence-corrected chi connectivity index (χ3v) is 5.53. The topological polar surface area (TPSA) is 55.1 Å². The van der Waals surface area contributed by atoms with Gasteiger partial charge in [-0.1, -0.05) is 50.6 Å². The van der Waals surface area contributed by atoms with Gasteiger partial charge in [0.25, 0.3) is 0 Å². The van der Waals surface area contributed by atoms with Crippen LogP contribution >= 0.6 is 0 Å². The molecule has 2 atom stereocenters. The Bertz CT molecular complexity index is 468. The predicted octanol–water partition coefficient (Wildman–Crippen LogP) is 3.38. The molecule has 0 saturated heterocycles. The maximum atomic E-state index is 12.3. The molecule has 3 N–H and O–H groups in total. The van der Waals surface area contributed by atoms with E-state index in [1.807, 2.05) is 6.07 Å². The standard InChI is InChI=1S/C19H30N2O/c1-3-19(4-2,16-10-6-5-7-11-16)14-21-18(22)13-15-9-8-12-17(15)20/h5-7,10-11,15,17H,3-4,8-9,12-14,20H2,1-2H3,(H,21,22)/t15-,17+/m0/s1. The monoisotopic (exact) mass is 302 g/mol. The molecule has 0 aromatic heterocycles. The number of carbonyl (C=O) groups excluding carboxylic acids is 1. The number of hydrogen-bond donors (Lipinski definition) is 2. The summed E-state index contributed by atoms with van der Waals surface area (Å²) in [6.07, 6.45) is 5.96. The zero-order valence-electron chi connectivity index (χ0n) is 14.0. The molecular formula is C19H30N2O. The average molecular weight is 302 g/mol. The van der Waals surface area contributed by atoms with Crippen LogP contribution in [0, 0.1) is 5.92 Å². The van der Waals surface area contributed by atoms with E-state index >= 15 is 0 Å². The Morgan fingerprint density at radius 3 is 2.45 bits per heavy atom. The molecule has 1 saturated carbocycles. The number of nitrogens with two attached hydrogens (primary N) is 1. The van der Waals surface area contributed by atoms with Crippen molar-refractivity contribution in [2.24, 2.45) is 11.7 Å². The van der Waals surface area contributed by atoms with Crippen molar-refractivity contribution in [2.75, 3.05) is 6.54 Å². The minimum absolute atomic E-state index is 0.0364. The van der Waals surface area contributed by atoms with Crippen LogP contribution in [0.5, 0.6) is 0 Å². The molecule has 3 nitrogen and oxygen atoms in total. The van der Waals surface area contributed by atoms with Gasteiger partial charge in [-0.05, 0) is 37.2 Å². The van der Waals surface area contributed by atoms with E-state index in [-0.39, 0.29) is 17.4 Å². The molecular weight excluding hydrogens is 272 g/mol. The fraction of sp³-hybridized carbons (Fsp3) is 0.632. The second kappa shape index (κ2) is 7.77. The van der Waals surface area contributed by atoms with Crippen LogP contribution in [-0.4, -0.2) is 18.5 Å². The van der Waals surface area contributed by atoms with Gasteiger partial charge in [0.05, 0.1) is 0 Å². The smallest absolute Gasteiger partial charge is 0.220 e. The van der Waals surface area contributed by atoms with E-state index in [1.54, 1.807) is 0 Å². The zero-order valence-corrected chi connectivity index (χ0v) is 14.0. The molecule has 0 aliphatic heterocycles. The molecule has 122 valence electrons. The fourth-order valence-electron chi connectivity index (χ4n) is 3.70. The Morgan fingerprint density at radius 1 is 1.23 bits per heavy atom. The summed E-state index contributed by atoms with van der Waals surface area (Å²) >= 11 is 0. The van der Waals surface area contributed by atoms with Crippen molar-refractivity contribution in [2.45, 2.75) is 63.8 Å². The third-order valence-electron chi connectivity index (χ3n) is 5.53. The van der Waals surface area contributed by atoms with Crippen LogP contribution < -0.4 is 11.1 Å². The van der Waals surface area contributed by atoms with Gasteiger partial charge in [-0.2, -0.15) is 0 Å². The Kier molecular flexibility index (Phi) is 6.01. The zero-order chi connectivity index (χ0) is 16.0. The van der Waals surface area contributed by atoms with Crippen LogP contribution in [0.2, 0.25) is 0 Å². The van der Waals surface area contributed by atoms with Crippen LogP contribution in [0.1, 0.15) is 57.9 Å². The summed E-state index contributed by atoms with van der Waals surface area (Å²) in [5, 5.41) is 3.18. The van der Waals surface area contributed by atoms with Crippen molar-refractivity contribution in [3.63, 3.8) is 0 Å². The van der Waals surface area contributed by atoms with Crippen molar-refractivity contribution in [1.82, 2.24) is 5.32 Å². The van der Waals surface area contributed by atoms with Crippen molar-refractivity contribution in [3.8, 4) is 0 Å². The molecule has 0 radical (unpaired) electrons. The first-order chi connectivity index (χ1) is 10.6. The lowest BCUT2D eigenvalue weighted by Crippen LogP contribution is -2.41. The van der Waals surface area contributed by atoms with Gasteiger partial charge >= 0.3 is 0 Å². The minimum atomic E-state index is 0.0364. The highest BCUT2D eigenvalue weighted by Crippen LogP contribution is 2.31. The fourth-order valence-corrected chi connectivity index (χ4v) is 3.70. The summed E-state index contributed by atoms with van der Waals surface area (Å²) in [5.74, 6) is 0.527. The minimum Gasteiger partial charge on any atom is -0.355 e. The van der Waals surface area contributed by atoms with E-state index in [9.17, 15) is 4.79 Å². The number of carbonyl (C=O) groups is 1. The SMILES string of the molecule is CCC(CC)(CNC(=O)C[C@@H]1CCC[C@H]1N)c1ccccc1. The number of rotatable bonds is 7. The van der Waals surface area contributed by atoms with E-state index in [4.69, 9.17) is 5.73 Å². The molecule has 1 fully saturated rings. The predicted molar refractivity (Wildman–Crippen MR) is 91.6 cm³/mol. The Morgan fingerprint density at radius 2 is 1.91 bits per heavy atom. The molecule has 0 unspecified atom stereocenters. The van der Waals surface area contributed by atoms with Gasteiger partial charge in [-0.15, -0.1) is 0 Å². The molecule has 1 aliphatic carbocycles. The van der Waals surface area contributed by atoms with Crippen molar-refractivity contribution in [1.29, 1.82) is 0 Å². The van der Waals surface area contributed by atoms with Gasteiger partial charge in [0.2, 0.25) is 5.91 Å². The summed E-state index contributed by atoms with van der Waals surface area (Å²) in [4.78, 5) is 12.3. The van der Waals surface area contributed by atoms with Gasteiger partial charge < -0.3 is 11.1 Å². The largest absolute Gasteiger partial charge is 0.355 e. The Hall–Kier alpha value is -1.35. The van der Waals surface area contributed by atoms with Crippen LogP contribution in [-0.2, 0) is 10.2 Å². The summed E-state index contributed by atoms with van der Waals surface area (Å²) in [6.45, 7) is 5.12. The van der Waals surface area contributed by atoms with E-state index in [2.05, 4.69) is 43.4 Å². The van der Waals surface area contributed by atoms with Gasteiger partial charge in [-0.3, -0.25) is 4.79 Å². The molecule has 0 bridgehead atoms. The summed E-state index contributed by atoms with van der Waals surface area (Å²) < 4.78 is 0. The first-order valence-corrected chi connectivity index (χ1v) is 8.69. The molecule has 1 aliphatic rings. The lowest BCUT2D eigenvalue weighted by Gasteiger charge is -2.33. The van der Waals surface area contributed by atoms with E-state index in [0.29, 0.717) is 18.9 Å². The number of amides is 1. The van der Waals surface area contributed by atoms with Crippen molar-refractivity contribution in [3.05, 3.63) is 35.9 Å². The van der Waals surface area contributed by atoms with E-state index in [0.717, 1.165) is 32.1 Å². The first-order valence-electron chi connectivity index (χ1n) is 8.69. The molecule has 1 aromatic carbocycles. The molecule has 1 amide bonds. The molecule has 3 heteroatoms. The van der Waals surface area contributed by atoms with Gasteiger partial charge in [0, 0.05) is 24.4 Å². The Balaban J connectivity index is 1.95. The van der Waals surface area contributed by atoms with Crippen LogP contribution in [0.25, 0.3) is 0 Å². The summed E-state index contributed by atoms with van der Waals surface area (Å²) in [6, 6.07) is 10.8. The van der Waals surface area contributed by atoms with Crippen LogP contribution in [0.15, 0.2) is 30.3 Å². The summed E-state index contributed by atoms with van der Waals surface area (Å²) in [5.41, 5.74) is 7.43. The van der Waals surface area contributed by atoms with Crippen LogP contribution in [0.3, 0.4) is 0 Å². The highest BCUT2D eigenvalue weighted by molar-refractivity contribution is 5.76. The maximum absolute atomic E-state index is 12.3. The lowest BCUT2D eigenvalue weighted by molar-refractivity contribution is -0.122.